The second-order valence-corrected chi connectivity index (χ2v) is 5.84. The van der Waals surface area contributed by atoms with Crippen molar-refractivity contribution in [3.8, 4) is 5.75 Å². The fraction of sp³-hybridized carbons (Fsp3) is 0.200. The predicted octanol–water partition coefficient (Wildman–Crippen LogP) is 3.41. The molecular formula is C20H20N4O3. The van der Waals surface area contributed by atoms with Gasteiger partial charge in [0.25, 0.3) is 0 Å². The van der Waals surface area contributed by atoms with E-state index in [0.717, 1.165) is 17.0 Å². The minimum atomic E-state index is -0.514. The molecule has 0 bridgehead atoms. The van der Waals surface area contributed by atoms with Gasteiger partial charge in [-0.05, 0) is 48.9 Å². The molecule has 0 aliphatic heterocycles. The number of rotatable bonds is 7. The number of aromatic nitrogens is 3. The molecule has 3 aromatic rings. The third kappa shape index (κ3) is 5.01. The number of carbonyl (C=O) groups is 1. The van der Waals surface area contributed by atoms with Gasteiger partial charge in [-0.1, -0.05) is 18.2 Å². The molecule has 3 rings (SSSR count). The summed E-state index contributed by atoms with van der Waals surface area (Å²) in [6.45, 7) is 2.42. The maximum atomic E-state index is 11.4. The third-order valence-electron chi connectivity index (χ3n) is 3.89. The maximum Gasteiger partial charge on any atom is 0.358 e. The Labute approximate surface area is 157 Å². The van der Waals surface area contributed by atoms with Crippen LogP contribution < -0.4 is 10.1 Å². The molecule has 0 spiro atoms. The summed E-state index contributed by atoms with van der Waals surface area (Å²) in [7, 11) is 1.31. The van der Waals surface area contributed by atoms with Crippen molar-refractivity contribution in [2.45, 2.75) is 19.6 Å². The van der Waals surface area contributed by atoms with Crippen LogP contribution in [0, 0.1) is 0 Å². The van der Waals surface area contributed by atoms with Gasteiger partial charge >= 0.3 is 5.97 Å². The number of ether oxygens (including phenoxy) is 2. The Hall–Kier alpha value is -3.48. The van der Waals surface area contributed by atoms with Gasteiger partial charge in [-0.15, -0.1) is 10.2 Å². The van der Waals surface area contributed by atoms with E-state index in [1.807, 2.05) is 49.4 Å². The van der Waals surface area contributed by atoms with Gasteiger partial charge in [-0.2, -0.15) is 0 Å². The summed E-state index contributed by atoms with van der Waals surface area (Å²) in [6, 6.07) is 16.8. The normalized spacial score (nSPS) is 11.5. The van der Waals surface area contributed by atoms with Gasteiger partial charge in [0, 0.05) is 6.20 Å². The van der Waals surface area contributed by atoms with Gasteiger partial charge < -0.3 is 14.8 Å². The number of anilines is 1. The molecule has 0 amide bonds. The number of pyridine rings is 1. The van der Waals surface area contributed by atoms with Crippen molar-refractivity contribution in [3.05, 3.63) is 77.7 Å². The molecule has 0 aliphatic rings. The second kappa shape index (κ2) is 8.75. The Morgan fingerprint density at radius 1 is 1.11 bits per heavy atom. The Morgan fingerprint density at radius 2 is 2.00 bits per heavy atom. The fourth-order valence-corrected chi connectivity index (χ4v) is 2.44. The highest BCUT2D eigenvalue weighted by Crippen LogP contribution is 2.22. The van der Waals surface area contributed by atoms with Crippen LogP contribution in [0.2, 0.25) is 0 Å². The molecule has 0 unspecified atom stereocenters. The SMILES string of the molecule is COC(=O)c1ccc(N[C@@H](C)c2cccc(OCc3ccccn3)c2)nn1. The molecule has 0 saturated heterocycles. The van der Waals surface area contributed by atoms with Gasteiger partial charge in [0.15, 0.2) is 5.69 Å². The molecule has 0 saturated carbocycles. The van der Waals surface area contributed by atoms with Crippen molar-refractivity contribution in [2.75, 3.05) is 12.4 Å². The minimum absolute atomic E-state index is 0.0262. The van der Waals surface area contributed by atoms with E-state index in [0.29, 0.717) is 12.4 Å². The average Bonchev–Trinajstić information content (AvgIpc) is 2.73. The van der Waals surface area contributed by atoms with E-state index >= 15 is 0 Å². The molecule has 7 nitrogen and oxygen atoms in total. The van der Waals surface area contributed by atoms with Crippen molar-refractivity contribution in [1.82, 2.24) is 15.2 Å². The first-order chi connectivity index (χ1) is 13.2. The number of benzene rings is 1. The number of hydrogen-bond acceptors (Lipinski definition) is 7. The summed E-state index contributed by atoms with van der Waals surface area (Å²) in [5.74, 6) is 0.814. The quantitative estimate of drug-likeness (QED) is 0.643. The first-order valence-corrected chi connectivity index (χ1v) is 8.47. The van der Waals surface area contributed by atoms with Crippen LogP contribution in [0.3, 0.4) is 0 Å². The molecule has 0 fully saturated rings. The zero-order chi connectivity index (χ0) is 19.1. The first kappa shape index (κ1) is 18.3. The van der Waals surface area contributed by atoms with E-state index in [9.17, 15) is 4.79 Å². The van der Waals surface area contributed by atoms with Crippen LogP contribution in [0.5, 0.6) is 5.75 Å². The van der Waals surface area contributed by atoms with Crippen LogP contribution in [0.4, 0.5) is 5.82 Å². The summed E-state index contributed by atoms with van der Waals surface area (Å²) < 4.78 is 10.4. The minimum Gasteiger partial charge on any atom is -0.487 e. The summed E-state index contributed by atoms with van der Waals surface area (Å²) >= 11 is 0. The predicted molar refractivity (Wildman–Crippen MR) is 100 cm³/mol. The van der Waals surface area contributed by atoms with E-state index in [1.54, 1.807) is 18.3 Å². The topological polar surface area (TPSA) is 86.2 Å². The molecule has 1 N–H and O–H groups in total. The largest absolute Gasteiger partial charge is 0.487 e. The fourth-order valence-electron chi connectivity index (χ4n) is 2.44. The highest BCUT2D eigenvalue weighted by molar-refractivity contribution is 5.86. The van der Waals surface area contributed by atoms with Crippen LogP contribution in [0.1, 0.15) is 34.7 Å². The molecule has 2 aromatic heterocycles. The lowest BCUT2D eigenvalue weighted by Crippen LogP contribution is -2.11. The van der Waals surface area contributed by atoms with E-state index in [4.69, 9.17) is 4.74 Å². The van der Waals surface area contributed by atoms with Crippen LogP contribution in [-0.2, 0) is 11.3 Å². The Balaban J connectivity index is 1.62. The van der Waals surface area contributed by atoms with Crippen molar-refractivity contribution in [2.24, 2.45) is 0 Å². The number of hydrogen-bond donors (Lipinski definition) is 1. The first-order valence-electron chi connectivity index (χ1n) is 8.47. The van der Waals surface area contributed by atoms with Gasteiger partial charge in [-0.25, -0.2) is 4.79 Å². The number of nitrogens with one attached hydrogen (secondary N) is 1. The van der Waals surface area contributed by atoms with Crippen molar-refractivity contribution >= 4 is 11.8 Å². The summed E-state index contributed by atoms with van der Waals surface area (Å²) in [6.07, 6.45) is 1.74. The van der Waals surface area contributed by atoms with Gasteiger partial charge in [0.1, 0.15) is 18.2 Å². The lowest BCUT2D eigenvalue weighted by Gasteiger charge is -2.16. The summed E-state index contributed by atoms with van der Waals surface area (Å²) in [5, 5.41) is 11.1. The summed E-state index contributed by atoms with van der Waals surface area (Å²) in [4.78, 5) is 15.7. The van der Waals surface area contributed by atoms with Gasteiger partial charge in [0.05, 0.1) is 18.8 Å². The van der Waals surface area contributed by atoms with E-state index in [2.05, 4.69) is 25.2 Å². The smallest absolute Gasteiger partial charge is 0.358 e. The molecule has 0 radical (unpaired) electrons. The van der Waals surface area contributed by atoms with Crippen LogP contribution >= 0.6 is 0 Å². The van der Waals surface area contributed by atoms with E-state index in [1.165, 1.54) is 7.11 Å². The summed E-state index contributed by atoms with van der Waals surface area (Å²) in [5.41, 5.74) is 2.07. The Morgan fingerprint density at radius 3 is 2.70 bits per heavy atom. The molecule has 1 atom stereocenters. The van der Waals surface area contributed by atoms with E-state index in [-0.39, 0.29) is 11.7 Å². The molecule has 138 valence electrons. The molecular weight excluding hydrogens is 344 g/mol. The monoisotopic (exact) mass is 364 g/mol. The number of carbonyl (C=O) groups excluding carboxylic acids is 1. The van der Waals surface area contributed by atoms with E-state index < -0.39 is 5.97 Å². The highest BCUT2D eigenvalue weighted by Gasteiger charge is 2.11. The zero-order valence-electron chi connectivity index (χ0n) is 15.1. The van der Waals surface area contributed by atoms with Crippen molar-refractivity contribution < 1.29 is 14.3 Å². The molecule has 27 heavy (non-hydrogen) atoms. The average molecular weight is 364 g/mol. The number of esters is 1. The Kier molecular flexibility index (Phi) is 5.94. The van der Waals surface area contributed by atoms with Crippen LogP contribution in [0.25, 0.3) is 0 Å². The Bertz CT molecular complexity index is 885. The van der Waals surface area contributed by atoms with Gasteiger partial charge in [0.2, 0.25) is 0 Å². The van der Waals surface area contributed by atoms with Crippen molar-refractivity contribution in [1.29, 1.82) is 0 Å². The van der Waals surface area contributed by atoms with Crippen LogP contribution in [-0.4, -0.2) is 28.3 Å². The second-order valence-electron chi connectivity index (χ2n) is 5.84. The molecule has 7 heteroatoms. The van der Waals surface area contributed by atoms with Crippen molar-refractivity contribution in [3.63, 3.8) is 0 Å². The van der Waals surface area contributed by atoms with Crippen LogP contribution in [0.15, 0.2) is 60.8 Å². The molecule has 0 aliphatic carbocycles. The maximum absolute atomic E-state index is 11.4. The lowest BCUT2D eigenvalue weighted by molar-refractivity contribution is 0.0593. The standard InChI is InChI=1S/C20H20N4O3/c1-14(22-19-10-9-18(23-24-19)20(25)26-2)15-6-5-8-17(12-15)27-13-16-7-3-4-11-21-16/h3-12,14H,13H2,1-2H3,(H,22,24)/t14-/m0/s1. The zero-order valence-corrected chi connectivity index (χ0v) is 15.1. The third-order valence-corrected chi connectivity index (χ3v) is 3.89. The molecule has 1 aromatic carbocycles. The highest BCUT2D eigenvalue weighted by atomic mass is 16.5. The molecule has 2 heterocycles. The lowest BCUT2D eigenvalue weighted by atomic mass is 10.1. The number of nitrogens with zero attached hydrogens (tertiary/aromatic N) is 3. The van der Waals surface area contributed by atoms with Gasteiger partial charge in [-0.3, -0.25) is 4.98 Å². The number of methoxy groups -OCH3 is 1.